The van der Waals surface area contributed by atoms with Crippen LogP contribution in [0.15, 0.2) is 0 Å². The summed E-state index contributed by atoms with van der Waals surface area (Å²) in [7, 11) is 0. The molecule has 0 saturated heterocycles. The zero-order valence-corrected chi connectivity index (χ0v) is 6.60. The quantitative estimate of drug-likeness (QED) is 0.315. The number of hydrogen-bond acceptors (Lipinski definition) is 0. The van der Waals surface area contributed by atoms with Gasteiger partial charge in [0.1, 0.15) is 0 Å². The van der Waals surface area contributed by atoms with Crippen molar-refractivity contribution < 1.29 is 21.7 Å². The van der Waals surface area contributed by atoms with E-state index < -0.39 is 0 Å². The second kappa shape index (κ2) is 9.86. The molecule has 7 heavy (non-hydrogen) atoms. The summed E-state index contributed by atoms with van der Waals surface area (Å²) in [5, 5.41) is 0. The minimum Gasteiger partial charge on any atom is -0.343 e. The summed E-state index contributed by atoms with van der Waals surface area (Å²) in [6, 6.07) is 0. The van der Waals surface area contributed by atoms with Crippen molar-refractivity contribution in [1.29, 1.82) is 0 Å². The average Bonchev–Trinajstić information content (AvgIpc) is 1.61. The third-order valence-corrected chi connectivity index (χ3v) is 0.854. The van der Waals surface area contributed by atoms with Gasteiger partial charge >= 0.3 is 0 Å². The molecule has 0 aromatic heterocycles. The molecule has 0 nitrogen and oxygen atoms in total. The molecule has 0 fully saturated rings. The Morgan fingerprint density at radius 3 is 2.00 bits per heavy atom. The van der Waals surface area contributed by atoms with E-state index in [1.807, 2.05) is 0 Å². The van der Waals surface area contributed by atoms with E-state index in [1.54, 1.807) is 0 Å². The first-order chi connectivity index (χ1) is 2.91. The van der Waals surface area contributed by atoms with Gasteiger partial charge in [-0.3, -0.25) is 0 Å². The van der Waals surface area contributed by atoms with Gasteiger partial charge in [0.05, 0.1) is 0 Å². The Morgan fingerprint density at radius 2 is 1.86 bits per heavy atom. The number of hydrogen-bond donors (Lipinski definition) is 0. The Balaban J connectivity index is 0. The van der Waals surface area contributed by atoms with E-state index in [4.69, 9.17) is 0 Å². The Labute approximate surface area is 61.6 Å². The Morgan fingerprint density at radius 1 is 1.29 bits per heavy atom. The smallest absolute Gasteiger partial charge is 0 e. The molecule has 0 amide bonds. The van der Waals surface area contributed by atoms with Gasteiger partial charge in [0.25, 0.3) is 0 Å². The fourth-order valence-electron chi connectivity index (χ4n) is 0.427. The maximum absolute atomic E-state index is 3.72. The topological polar surface area (TPSA) is 0 Å². The number of rotatable bonds is 3. The van der Waals surface area contributed by atoms with E-state index >= 15 is 0 Å². The molecule has 0 spiro atoms. The third-order valence-electron chi connectivity index (χ3n) is 0.854. The molecule has 0 unspecified atom stereocenters. The van der Waals surface area contributed by atoms with Gasteiger partial charge in [-0.25, -0.2) is 0 Å². The average molecular weight is 133 g/mol. The second-order valence-electron chi connectivity index (χ2n) is 1.56. The van der Waals surface area contributed by atoms with E-state index in [9.17, 15) is 0 Å². The molecule has 0 heterocycles. The Kier molecular flexibility index (Phi) is 15.0. The first kappa shape index (κ1) is 10.7. The predicted octanol–water partition coefficient (Wildman–Crippen LogP) is 2.40. The van der Waals surface area contributed by atoms with Gasteiger partial charge in [-0.1, -0.05) is 26.2 Å². The minimum atomic E-state index is 0. The zero-order chi connectivity index (χ0) is 4.83. The molecule has 42 valence electrons. The number of unbranched alkanes of at least 4 members (excludes halogenated alkanes) is 3. The van der Waals surface area contributed by atoms with Gasteiger partial charge in [0.15, 0.2) is 0 Å². The van der Waals surface area contributed by atoms with Crippen molar-refractivity contribution in [2.45, 2.75) is 32.6 Å². The van der Waals surface area contributed by atoms with Crippen molar-refractivity contribution in [2.24, 2.45) is 0 Å². The molecule has 0 atom stereocenters. The largest absolute Gasteiger partial charge is 0.343 e. The van der Waals surface area contributed by atoms with Gasteiger partial charge in [-0.2, -0.15) is 6.42 Å². The zero-order valence-electron chi connectivity index (χ0n) is 5.04. The van der Waals surface area contributed by atoms with Crippen LogP contribution >= 0.6 is 0 Å². The van der Waals surface area contributed by atoms with E-state index in [-0.39, 0.29) is 21.7 Å². The Hall–Kier alpha value is 0.714. The summed E-state index contributed by atoms with van der Waals surface area (Å²) in [6.45, 7) is 5.93. The van der Waals surface area contributed by atoms with Gasteiger partial charge in [0, 0.05) is 21.7 Å². The van der Waals surface area contributed by atoms with Crippen LogP contribution in [0.5, 0.6) is 0 Å². The van der Waals surface area contributed by atoms with E-state index in [0.29, 0.717) is 0 Å². The van der Waals surface area contributed by atoms with Crippen LogP contribution in [0.3, 0.4) is 0 Å². The fourth-order valence-corrected chi connectivity index (χ4v) is 0.427. The van der Waals surface area contributed by atoms with Gasteiger partial charge < -0.3 is 6.92 Å². The predicted molar refractivity (Wildman–Crippen MR) is 29.5 cm³/mol. The molecule has 0 rings (SSSR count). The van der Waals surface area contributed by atoms with Gasteiger partial charge in [0.2, 0.25) is 0 Å². The van der Waals surface area contributed by atoms with Crippen molar-refractivity contribution >= 4 is 0 Å². The summed E-state index contributed by atoms with van der Waals surface area (Å²) in [4.78, 5) is 0. The molecule has 0 aromatic carbocycles. The SMILES string of the molecule is [CH2-]CCCCC.[Ti]. The molecule has 0 aliphatic rings. The molecule has 0 aliphatic heterocycles. The van der Waals surface area contributed by atoms with Crippen LogP contribution in [0.2, 0.25) is 0 Å². The summed E-state index contributed by atoms with van der Waals surface area (Å²) in [5.74, 6) is 0. The maximum atomic E-state index is 3.72. The van der Waals surface area contributed by atoms with Crippen LogP contribution in [0.25, 0.3) is 0 Å². The third kappa shape index (κ3) is 10.8. The fraction of sp³-hybridized carbons (Fsp3) is 0.833. The molecule has 0 bridgehead atoms. The van der Waals surface area contributed by atoms with Crippen LogP contribution in [0, 0.1) is 6.92 Å². The van der Waals surface area contributed by atoms with Crippen molar-refractivity contribution in [1.82, 2.24) is 0 Å². The van der Waals surface area contributed by atoms with Crippen LogP contribution < -0.4 is 0 Å². The Bertz CT molecular complexity index is 16.1. The van der Waals surface area contributed by atoms with Crippen molar-refractivity contribution in [3.05, 3.63) is 6.92 Å². The van der Waals surface area contributed by atoms with Crippen molar-refractivity contribution in [3.63, 3.8) is 0 Å². The monoisotopic (exact) mass is 133 g/mol. The van der Waals surface area contributed by atoms with Crippen LogP contribution in [-0.2, 0) is 21.7 Å². The molecule has 0 aromatic rings. The molecule has 0 aliphatic carbocycles. The molecule has 0 saturated carbocycles. The van der Waals surface area contributed by atoms with Crippen molar-refractivity contribution in [3.8, 4) is 0 Å². The van der Waals surface area contributed by atoms with Gasteiger partial charge in [-0.15, -0.1) is 0 Å². The summed E-state index contributed by atoms with van der Waals surface area (Å²) < 4.78 is 0. The second-order valence-corrected chi connectivity index (χ2v) is 1.56. The molecule has 0 N–H and O–H groups in total. The van der Waals surface area contributed by atoms with Crippen LogP contribution in [0.4, 0.5) is 0 Å². The molecule has 0 radical (unpaired) electrons. The maximum Gasteiger partial charge on any atom is 0 e. The minimum absolute atomic E-state index is 0. The molecular weight excluding hydrogens is 120 g/mol. The van der Waals surface area contributed by atoms with E-state index in [1.165, 1.54) is 19.3 Å². The van der Waals surface area contributed by atoms with E-state index in [2.05, 4.69) is 13.8 Å². The molecular formula is C6H13Ti-. The summed E-state index contributed by atoms with van der Waals surface area (Å²) in [5.41, 5.74) is 0. The van der Waals surface area contributed by atoms with Crippen LogP contribution in [-0.4, -0.2) is 0 Å². The first-order valence-corrected chi connectivity index (χ1v) is 2.71. The van der Waals surface area contributed by atoms with E-state index in [0.717, 1.165) is 6.42 Å². The van der Waals surface area contributed by atoms with Crippen LogP contribution in [0.1, 0.15) is 32.6 Å². The standard InChI is InChI=1S/C6H13.Ti/c1-3-5-6-4-2;/h1,3-6H2,2H3;/q-1;. The first-order valence-electron chi connectivity index (χ1n) is 2.71. The van der Waals surface area contributed by atoms with Gasteiger partial charge in [-0.05, 0) is 0 Å². The molecule has 1 heteroatoms. The summed E-state index contributed by atoms with van der Waals surface area (Å²) >= 11 is 0. The van der Waals surface area contributed by atoms with Crippen molar-refractivity contribution in [2.75, 3.05) is 0 Å². The summed E-state index contributed by atoms with van der Waals surface area (Å²) in [6.07, 6.45) is 5.07. The normalized spacial score (nSPS) is 7.71.